The van der Waals surface area contributed by atoms with Crippen LogP contribution < -0.4 is 0 Å². The SMILES string of the molecule is CC(CO)CO.CCCCCCCCC(=O)O.CCCCCCCCC(=O)O. The van der Waals surface area contributed by atoms with Crippen LogP contribution in [-0.4, -0.2) is 45.6 Å². The third kappa shape index (κ3) is 39.8. The van der Waals surface area contributed by atoms with E-state index in [2.05, 4.69) is 13.8 Å². The second-order valence-electron chi connectivity index (χ2n) is 7.29. The number of hydrogen-bond acceptors (Lipinski definition) is 4. The average molecular weight is 407 g/mol. The normalized spacial score (nSPS) is 9.93. The van der Waals surface area contributed by atoms with E-state index in [1.165, 1.54) is 51.4 Å². The molecule has 0 aromatic heterocycles. The Balaban J connectivity index is -0.000000351. The molecule has 0 aliphatic rings. The van der Waals surface area contributed by atoms with Gasteiger partial charge in [-0.3, -0.25) is 9.59 Å². The van der Waals surface area contributed by atoms with Crippen molar-refractivity contribution in [3.63, 3.8) is 0 Å². The fourth-order valence-electron chi connectivity index (χ4n) is 2.17. The first-order valence-corrected chi connectivity index (χ1v) is 11.0. The third-order valence-electron chi connectivity index (χ3n) is 4.11. The highest BCUT2D eigenvalue weighted by Crippen LogP contribution is 2.07. The molecule has 170 valence electrons. The van der Waals surface area contributed by atoms with Crippen molar-refractivity contribution in [2.45, 2.75) is 111 Å². The predicted molar refractivity (Wildman–Crippen MR) is 115 cm³/mol. The summed E-state index contributed by atoms with van der Waals surface area (Å²) in [6.45, 7) is 6.29. The number of aliphatic hydroxyl groups excluding tert-OH is 2. The Labute approximate surface area is 172 Å². The number of carboxylic acid groups (broad SMARTS) is 2. The number of carbonyl (C=O) groups is 2. The molecule has 0 saturated carbocycles. The maximum Gasteiger partial charge on any atom is 0.303 e. The zero-order valence-electron chi connectivity index (χ0n) is 18.5. The van der Waals surface area contributed by atoms with Crippen LogP contribution in [0.4, 0.5) is 0 Å². The van der Waals surface area contributed by atoms with Crippen LogP contribution in [0, 0.1) is 5.92 Å². The molecule has 4 N–H and O–H groups in total. The molecule has 0 fully saturated rings. The van der Waals surface area contributed by atoms with Gasteiger partial charge in [-0.05, 0) is 12.8 Å². The molecule has 0 radical (unpaired) electrons. The standard InChI is InChI=1S/2C9H18O2.C4H10O2/c2*1-2-3-4-5-6-7-8-9(10)11;1-4(2-5)3-6/h2*2-8H2,1H3,(H,10,11);4-6H,2-3H2,1H3. The van der Waals surface area contributed by atoms with E-state index in [1.54, 1.807) is 6.92 Å². The van der Waals surface area contributed by atoms with Gasteiger partial charge in [0.1, 0.15) is 0 Å². The van der Waals surface area contributed by atoms with Crippen LogP contribution in [0.25, 0.3) is 0 Å². The van der Waals surface area contributed by atoms with Gasteiger partial charge in [-0.25, -0.2) is 0 Å². The molecule has 0 heterocycles. The minimum atomic E-state index is -0.666. The topological polar surface area (TPSA) is 115 Å². The van der Waals surface area contributed by atoms with Crippen molar-refractivity contribution in [3.05, 3.63) is 0 Å². The Morgan fingerprint density at radius 2 is 0.893 bits per heavy atom. The van der Waals surface area contributed by atoms with E-state index < -0.39 is 11.9 Å². The molecular weight excluding hydrogens is 360 g/mol. The van der Waals surface area contributed by atoms with E-state index in [-0.39, 0.29) is 19.1 Å². The summed E-state index contributed by atoms with van der Waals surface area (Å²) in [5, 5.41) is 33.0. The predicted octanol–water partition coefficient (Wildman–Crippen LogP) is 5.25. The van der Waals surface area contributed by atoms with Crippen molar-refractivity contribution in [1.29, 1.82) is 0 Å². The zero-order valence-corrected chi connectivity index (χ0v) is 18.5. The number of aliphatic hydroxyl groups is 2. The van der Waals surface area contributed by atoms with Gasteiger partial charge in [-0.15, -0.1) is 0 Å². The Kier molecular flexibility index (Phi) is 31.6. The quantitative estimate of drug-likeness (QED) is 0.260. The third-order valence-corrected chi connectivity index (χ3v) is 4.11. The van der Waals surface area contributed by atoms with Gasteiger partial charge in [-0.2, -0.15) is 0 Å². The summed E-state index contributed by atoms with van der Waals surface area (Å²) in [6.07, 6.45) is 14.5. The Hall–Kier alpha value is -1.14. The summed E-state index contributed by atoms with van der Waals surface area (Å²) in [7, 11) is 0. The van der Waals surface area contributed by atoms with Crippen molar-refractivity contribution in [2.75, 3.05) is 13.2 Å². The molecule has 0 amide bonds. The lowest BCUT2D eigenvalue weighted by Crippen LogP contribution is -2.04. The summed E-state index contributed by atoms with van der Waals surface area (Å²) in [4.78, 5) is 20.2. The summed E-state index contributed by atoms with van der Waals surface area (Å²) >= 11 is 0. The molecule has 0 aliphatic heterocycles. The van der Waals surface area contributed by atoms with Gasteiger partial charge in [-0.1, -0.05) is 85.0 Å². The van der Waals surface area contributed by atoms with Crippen LogP contribution in [0.3, 0.4) is 0 Å². The molecule has 0 aromatic rings. The van der Waals surface area contributed by atoms with Gasteiger partial charge in [0.15, 0.2) is 0 Å². The molecule has 0 bridgehead atoms. The second-order valence-corrected chi connectivity index (χ2v) is 7.29. The van der Waals surface area contributed by atoms with E-state index >= 15 is 0 Å². The number of hydrogen-bond donors (Lipinski definition) is 4. The van der Waals surface area contributed by atoms with Crippen LogP contribution >= 0.6 is 0 Å². The van der Waals surface area contributed by atoms with E-state index in [9.17, 15) is 9.59 Å². The molecule has 0 spiro atoms. The highest BCUT2D eigenvalue weighted by Gasteiger charge is 1.96. The Morgan fingerprint density at radius 1 is 0.607 bits per heavy atom. The van der Waals surface area contributed by atoms with Gasteiger partial charge < -0.3 is 20.4 Å². The van der Waals surface area contributed by atoms with Crippen LogP contribution in [-0.2, 0) is 9.59 Å². The molecule has 28 heavy (non-hydrogen) atoms. The molecule has 6 nitrogen and oxygen atoms in total. The molecule has 0 saturated heterocycles. The van der Waals surface area contributed by atoms with Crippen LogP contribution in [0.1, 0.15) is 111 Å². The van der Waals surface area contributed by atoms with Crippen LogP contribution in [0.2, 0.25) is 0 Å². The van der Waals surface area contributed by atoms with Gasteiger partial charge in [0, 0.05) is 32.0 Å². The maximum atomic E-state index is 10.1. The van der Waals surface area contributed by atoms with Gasteiger partial charge in [0.2, 0.25) is 0 Å². The molecule has 0 aromatic carbocycles. The average Bonchev–Trinajstić information content (AvgIpc) is 2.67. The van der Waals surface area contributed by atoms with Crippen LogP contribution in [0.5, 0.6) is 0 Å². The summed E-state index contributed by atoms with van der Waals surface area (Å²) in [5.41, 5.74) is 0. The van der Waals surface area contributed by atoms with Gasteiger partial charge in [0.05, 0.1) is 0 Å². The first-order valence-electron chi connectivity index (χ1n) is 11.0. The number of unbranched alkanes of at least 4 members (excludes halogenated alkanes) is 10. The fraction of sp³-hybridized carbons (Fsp3) is 0.909. The summed E-state index contributed by atoms with van der Waals surface area (Å²) < 4.78 is 0. The number of carboxylic acids is 2. The van der Waals surface area contributed by atoms with Crippen molar-refractivity contribution in [2.24, 2.45) is 5.92 Å². The second kappa shape index (κ2) is 28.1. The minimum Gasteiger partial charge on any atom is -0.481 e. The van der Waals surface area contributed by atoms with Gasteiger partial charge in [0.25, 0.3) is 0 Å². The summed E-state index contributed by atoms with van der Waals surface area (Å²) in [6, 6.07) is 0. The first kappa shape index (κ1) is 31.6. The smallest absolute Gasteiger partial charge is 0.303 e. The summed E-state index contributed by atoms with van der Waals surface area (Å²) in [5.74, 6) is -1.29. The van der Waals surface area contributed by atoms with Crippen molar-refractivity contribution in [3.8, 4) is 0 Å². The monoisotopic (exact) mass is 406 g/mol. The molecular formula is C22H46O6. The van der Waals surface area contributed by atoms with Crippen molar-refractivity contribution in [1.82, 2.24) is 0 Å². The van der Waals surface area contributed by atoms with Crippen molar-refractivity contribution < 1.29 is 30.0 Å². The van der Waals surface area contributed by atoms with Crippen molar-refractivity contribution >= 4 is 11.9 Å². The number of aliphatic carboxylic acids is 2. The lowest BCUT2D eigenvalue weighted by Gasteiger charge is -1.97. The molecule has 0 atom stereocenters. The van der Waals surface area contributed by atoms with E-state index in [1.807, 2.05) is 0 Å². The fourth-order valence-corrected chi connectivity index (χ4v) is 2.17. The largest absolute Gasteiger partial charge is 0.481 e. The molecule has 0 unspecified atom stereocenters. The zero-order chi connectivity index (χ0) is 22.0. The molecule has 0 rings (SSSR count). The van der Waals surface area contributed by atoms with Crippen LogP contribution in [0.15, 0.2) is 0 Å². The maximum absolute atomic E-state index is 10.1. The molecule has 6 heteroatoms. The number of rotatable bonds is 16. The highest BCUT2D eigenvalue weighted by atomic mass is 16.4. The molecule has 0 aliphatic carbocycles. The Morgan fingerprint density at radius 3 is 1.11 bits per heavy atom. The van der Waals surface area contributed by atoms with E-state index in [0.717, 1.165) is 25.7 Å². The lowest BCUT2D eigenvalue weighted by atomic mass is 10.1. The lowest BCUT2D eigenvalue weighted by molar-refractivity contribution is -0.138. The minimum absolute atomic E-state index is 0.0463. The highest BCUT2D eigenvalue weighted by molar-refractivity contribution is 5.66. The first-order chi connectivity index (χ1) is 13.3. The van der Waals surface area contributed by atoms with E-state index in [0.29, 0.717) is 12.8 Å². The Bertz CT molecular complexity index is 290. The van der Waals surface area contributed by atoms with E-state index in [4.69, 9.17) is 20.4 Å². The van der Waals surface area contributed by atoms with Gasteiger partial charge >= 0.3 is 11.9 Å².